The van der Waals surface area contributed by atoms with Crippen LogP contribution in [0.25, 0.3) is 0 Å². The topological polar surface area (TPSA) is 54.7 Å². The smallest absolute Gasteiger partial charge is 0.145 e. The average molecular weight is 207 g/mol. The van der Waals surface area contributed by atoms with Crippen LogP contribution in [0.15, 0.2) is 16.8 Å². The zero-order valence-corrected chi connectivity index (χ0v) is 8.90. The van der Waals surface area contributed by atoms with E-state index in [9.17, 15) is 0 Å². The van der Waals surface area contributed by atoms with Crippen LogP contribution in [0.2, 0.25) is 0 Å². The van der Waals surface area contributed by atoms with Gasteiger partial charge in [-0.2, -0.15) is 16.4 Å². The Bertz CT molecular complexity index is 416. The van der Waals surface area contributed by atoms with Gasteiger partial charge in [-0.3, -0.25) is 5.10 Å². The van der Waals surface area contributed by atoms with Gasteiger partial charge >= 0.3 is 0 Å². The molecule has 3 N–H and O–H groups in total. The van der Waals surface area contributed by atoms with Gasteiger partial charge < -0.3 is 5.73 Å². The molecular weight excluding hydrogens is 194 g/mol. The number of thiophene rings is 1. The zero-order valence-electron chi connectivity index (χ0n) is 8.08. The maximum atomic E-state index is 5.52. The van der Waals surface area contributed by atoms with Crippen LogP contribution in [0.5, 0.6) is 0 Å². The molecule has 0 saturated carbocycles. The second-order valence-electron chi connectivity index (χ2n) is 3.40. The van der Waals surface area contributed by atoms with Gasteiger partial charge in [0.1, 0.15) is 5.82 Å². The summed E-state index contributed by atoms with van der Waals surface area (Å²) in [6.45, 7) is 2.15. The van der Waals surface area contributed by atoms with Crippen molar-refractivity contribution >= 4 is 17.2 Å². The van der Waals surface area contributed by atoms with Gasteiger partial charge in [-0.05, 0) is 41.7 Å². The SMILES string of the molecule is Cc1cscc1CCc1cc(N)n[nH]1. The second kappa shape index (κ2) is 3.84. The highest BCUT2D eigenvalue weighted by Crippen LogP contribution is 2.16. The lowest BCUT2D eigenvalue weighted by Crippen LogP contribution is -1.91. The number of H-pyrrole nitrogens is 1. The molecule has 74 valence electrons. The third-order valence-corrected chi connectivity index (χ3v) is 3.19. The van der Waals surface area contributed by atoms with Gasteiger partial charge in [0.05, 0.1) is 0 Å². The van der Waals surface area contributed by atoms with Gasteiger partial charge in [0, 0.05) is 11.8 Å². The van der Waals surface area contributed by atoms with Crippen molar-refractivity contribution in [1.82, 2.24) is 10.2 Å². The molecule has 2 heterocycles. The average Bonchev–Trinajstić information content (AvgIpc) is 2.72. The van der Waals surface area contributed by atoms with Crippen LogP contribution in [0.4, 0.5) is 5.82 Å². The number of nitrogens with zero attached hydrogens (tertiary/aromatic N) is 1. The molecule has 0 bridgehead atoms. The molecule has 0 atom stereocenters. The Balaban J connectivity index is 1.98. The summed E-state index contributed by atoms with van der Waals surface area (Å²) in [5.41, 5.74) is 9.42. The molecule has 2 rings (SSSR count). The molecule has 2 aromatic rings. The highest BCUT2D eigenvalue weighted by Gasteiger charge is 2.01. The minimum absolute atomic E-state index is 0.571. The number of nitrogens with two attached hydrogens (primary N) is 1. The highest BCUT2D eigenvalue weighted by molar-refractivity contribution is 7.08. The van der Waals surface area contributed by atoms with E-state index in [2.05, 4.69) is 27.9 Å². The third kappa shape index (κ3) is 1.96. The highest BCUT2D eigenvalue weighted by atomic mass is 32.1. The summed E-state index contributed by atoms with van der Waals surface area (Å²) in [5.74, 6) is 0.571. The van der Waals surface area contributed by atoms with Crippen LogP contribution >= 0.6 is 11.3 Å². The van der Waals surface area contributed by atoms with Gasteiger partial charge in [-0.25, -0.2) is 0 Å². The van der Waals surface area contributed by atoms with Crippen LogP contribution < -0.4 is 5.73 Å². The summed E-state index contributed by atoms with van der Waals surface area (Å²) in [6, 6.07) is 1.89. The third-order valence-electron chi connectivity index (χ3n) is 2.28. The molecule has 14 heavy (non-hydrogen) atoms. The predicted octanol–water partition coefficient (Wildman–Crippen LogP) is 2.15. The lowest BCUT2D eigenvalue weighted by Gasteiger charge is -1.97. The fourth-order valence-corrected chi connectivity index (χ4v) is 2.31. The number of anilines is 1. The Hall–Kier alpha value is -1.29. The van der Waals surface area contributed by atoms with E-state index in [4.69, 9.17) is 5.73 Å². The molecule has 4 heteroatoms. The van der Waals surface area contributed by atoms with Gasteiger partial charge in [0.25, 0.3) is 0 Å². The van der Waals surface area contributed by atoms with Crippen molar-refractivity contribution in [3.05, 3.63) is 33.6 Å². The molecule has 3 nitrogen and oxygen atoms in total. The van der Waals surface area contributed by atoms with Crippen molar-refractivity contribution in [2.45, 2.75) is 19.8 Å². The van der Waals surface area contributed by atoms with Crippen molar-refractivity contribution in [2.24, 2.45) is 0 Å². The molecular formula is C10H13N3S. The molecule has 0 saturated heterocycles. The van der Waals surface area contributed by atoms with E-state index in [-0.39, 0.29) is 0 Å². The molecule has 0 spiro atoms. The number of nitrogens with one attached hydrogen (secondary N) is 1. The Labute approximate surface area is 87.0 Å². The molecule has 0 unspecified atom stereocenters. The lowest BCUT2D eigenvalue weighted by atomic mass is 10.1. The standard InChI is InChI=1S/C10H13N3S/c1-7-5-14-6-8(7)2-3-9-4-10(11)13-12-9/h4-6H,2-3H2,1H3,(H3,11,12,13). The van der Waals surface area contributed by atoms with E-state index >= 15 is 0 Å². The monoisotopic (exact) mass is 207 g/mol. The summed E-state index contributed by atoms with van der Waals surface area (Å²) < 4.78 is 0. The molecule has 0 aliphatic heterocycles. The van der Waals surface area contributed by atoms with Crippen LogP contribution in [0, 0.1) is 6.92 Å². The fourth-order valence-electron chi connectivity index (χ4n) is 1.42. The van der Waals surface area contributed by atoms with E-state index in [0.717, 1.165) is 18.5 Å². The minimum atomic E-state index is 0.571. The molecule has 2 aromatic heterocycles. The second-order valence-corrected chi connectivity index (χ2v) is 4.14. The van der Waals surface area contributed by atoms with E-state index in [0.29, 0.717) is 5.82 Å². The maximum Gasteiger partial charge on any atom is 0.145 e. The number of aryl methyl sites for hydroxylation is 3. The van der Waals surface area contributed by atoms with E-state index in [1.165, 1.54) is 11.1 Å². The summed E-state index contributed by atoms with van der Waals surface area (Å²) in [4.78, 5) is 0. The summed E-state index contributed by atoms with van der Waals surface area (Å²) in [5, 5.41) is 11.2. The molecule has 0 aromatic carbocycles. The Morgan fingerprint density at radius 1 is 1.43 bits per heavy atom. The first-order valence-electron chi connectivity index (χ1n) is 4.57. The summed E-state index contributed by atoms with van der Waals surface area (Å²) in [6.07, 6.45) is 2.03. The molecule has 0 amide bonds. The Morgan fingerprint density at radius 3 is 2.86 bits per heavy atom. The van der Waals surface area contributed by atoms with Crippen LogP contribution in [0.1, 0.15) is 16.8 Å². The Morgan fingerprint density at radius 2 is 2.29 bits per heavy atom. The van der Waals surface area contributed by atoms with Gasteiger partial charge in [0.15, 0.2) is 0 Å². The molecule has 0 radical (unpaired) electrons. The van der Waals surface area contributed by atoms with Crippen molar-refractivity contribution in [1.29, 1.82) is 0 Å². The largest absolute Gasteiger partial charge is 0.382 e. The Kier molecular flexibility index (Phi) is 2.54. The van der Waals surface area contributed by atoms with Crippen molar-refractivity contribution in [3.63, 3.8) is 0 Å². The maximum absolute atomic E-state index is 5.52. The van der Waals surface area contributed by atoms with E-state index < -0.39 is 0 Å². The van der Waals surface area contributed by atoms with E-state index in [1.54, 1.807) is 11.3 Å². The van der Waals surface area contributed by atoms with E-state index in [1.807, 2.05) is 6.07 Å². The zero-order chi connectivity index (χ0) is 9.97. The molecule has 0 aliphatic carbocycles. The normalized spacial score (nSPS) is 10.6. The van der Waals surface area contributed by atoms with Crippen LogP contribution in [0.3, 0.4) is 0 Å². The summed E-state index contributed by atoms with van der Waals surface area (Å²) >= 11 is 1.76. The van der Waals surface area contributed by atoms with Crippen LogP contribution in [-0.4, -0.2) is 10.2 Å². The van der Waals surface area contributed by atoms with Gasteiger partial charge in [-0.15, -0.1) is 0 Å². The summed E-state index contributed by atoms with van der Waals surface area (Å²) in [7, 11) is 0. The number of aromatic amines is 1. The lowest BCUT2D eigenvalue weighted by molar-refractivity contribution is 0.891. The number of hydrogen-bond donors (Lipinski definition) is 2. The first-order valence-corrected chi connectivity index (χ1v) is 5.51. The first kappa shape index (κ1) is 9.27. The van der Waals surface area contributed by atoms with Crippen molar-refractivity contribution < 1.29 is 0 Å². The first-order chi connectivity index (χ1) is 6.75. The number of rotatable bonds is 3. The predicted molar refractivity (Wildman–Crippen MR) is 59.5 cm³/mol. The number of nitrogen functional groups attached to an aromatic ring is 1. The van der Waals surface area contributed by atoms with Gasteiger partial charge in [0.2, 0.25) is 0 Å². The number of aromatic nitrogens is 2. The van der Waals surface area contributed by atoms with Crippen molar-refractivity contribution in [2.75, 3.05) is 5.73 Å². The van der Waals surface area contributed by atoms with Gasteiger partial charge in [-0.1, -0.05) is 0 Å². The van der Waals surface area contributed by atoms with Crippen molar-refractivity contribution in [3.8, 4) is 0 Å². The number of hydrogen-bond acceptors (Lipinski definition) is 3. The quantitative estimate of drug-likeness (QED) is 0.810. The molecule has 0 aliphatic rings. The van der Waals surface area contributed by atoms with Crippen LogP contribution in [-0.2, 0) is 12.8 Å². The molecule has 0 fully saturated rings. The fraction of sp³-hybridized carbons (Fsp3) is 0.300. The minimum Gasteiger partial charge on any atom is -0.382 e.